The number of carbonyl (C=O) groups is 2. The second-order valence-electron chi connectivity index (χ2n) is 8.26. The van der Waals surface area contributed by atoms with Crippen molar-refractivity contribution in [2.75, 3.05) is 7.11 Å². The molecule has 26 heavy (non-hydrogen) atoms. The molecule has 0 bridgehead atoms. The lowest BCUT2D eigenvalue weighted by Crippen LogP contribution is -2.50. The number of rotatable bonds is 2. The molecule has 136 valence electrons. The number of carbonyl (C=O) groups excluding carboxylic acids is 2. The first-order chi connectivity index (χ1) is 12.5. The number of nitriles is 1. The molecule has 0 spiro atoms. The van der Waals surface area contributed by atoms with E-state index in [1.54, 1.807) is 6.92 Å². The van der Waals surface area contributed by atoms with Crippen LogP contribution in [0, 0.1) is 40.4 Å². The summed E-state index contributed by atoms with van der Waals surface area (Å²) in [5.74, 6) is -0.173. The van der Waals surface area contributed by atoms with Crippen molar-refractivity contribution in [3.8, 4) is 6.07 Å². The van der Waals surface area contributed by atoms with Crippen molar-refractivity contribution < 1.29 is 14.3 Å². The van der Waals surface area contributed by atoms with E-state index in [0.717, 1.165) is 25.7 Å². The van der Waals surface area contributed by atoms with Gasteiger partial charge in [-0.25, -0.2) is 0 Å². The van der Waals surface area contributed by atoms with Crippen molar-refractivity contribution in [3.63, 3.8) is 0 Å². The van der Waals surface area contributed by atoms with Crippen LogP contribution in [0.1, 0.15) is 49.7 Å². The molecule has 0 N–H and O–H groups in total. The Labute approximate surface area is 154 Å². The van der Waals surface area contributed by atoms with Crippen molar-refractivity contribution in [1.29, 1.82) is 5.26 Å². The Hall–Kier alpha value is -2.15. The number of hydrogen-bond acceptors (Lipinski definition) is 4. The monoisotopic (exact) mass is 351 g/mol. The first-order valence-corrected chi connectivity index (χ1v) is 9.61. The molecular weight excluding hydrogens is 326 g/mol. The third kappa shape index (κ3) is 2.26. The topological polar surface area (TPSA) is 67.2 Å². The van der Waals surface area contributed by atoms with Gasteiger partial charge in [-0.05, 0) is 62.0 Å². The largest absolute Gasteiger partial charge is 0.469 e. The fourth-order valence-corrected chi connectivity index (χ4v) is 6.44. The maximum atomic E-state index is 12.7. The van der Waals surface area contributed by atoms with Crippen LogP contribution in [-0.4, -0.2) is 18.9 Å². The molecule has 0 aliphatic heterocycles. The van der Waals surface area contributed by atoms with Gasteiger partial charge in [0.1, 0.15) is 5.78 Å². The van der Waals surface area contributed by atoms with E-state index < -0.39 is 5.41 Å². The average Bonchev–Trinajstić information content (AvgIpc) is 3.06. The van der Waals surface area contributed by atoms with Gasteiger partial charge in [0.2, 0.25) is 0 Å². The molecule has 6 atom stereocenters. The van der Waals surface area contributed by atoms with Gasteiger partial charge >= 0.3 is 5.97 Å². The lowest BCUT2D eigenvalue weighted by molar-refractivity contribution is -0.152. The van der Waals surface area contributed by atoms with E-state index in [4.69, 9.17) is 4.74 Å². The number of hydrogen-bond donors (Lipinski definition) is 0. The number of ether oxygens (including phenoxy) is 1. The van der Waals surface area contributed by atoms with Crippen LogP contribution in [0.3, 0.4) is 0 Å². The lowest BCUT2D eigenvalue weighted by Gasteiger charge is -2.51. The Morgan fingerprint density at radius 3 is 2.69 bits per heavy atom. The second kappa shape index (κ2) is 6.23. The molecule has 1 aromatic rings. The third-order valence-electron chi connectivity index (χ3n) is 7.38. The summed E-state index contributed by atoms with van der Waals surface area (Å²) in [6.45, 7) is 1.60. The summed E-state index contributed by atoms with van der Waals surface area (Å²) in [7, 11) is 1.42. The minimum Gasteiger partial charge on any atom is -0.469 e. The van der Waals surface area contributed by atoms with Gasteiger partial charge in [-0.1, -0.05) is 24.3 Å². The molecule has 0 aromatic heterocycles. The molecule has 2 fully saturated rings. The first kappa shape index (κ1) is 17.3. The number of esters is 1. The molecule has 2 saturated carbocycles. The van der Waals surface area contributed by atoms with E-state index in [9.17, 15) is 14.9 Å². The Balaban J connectivity index is 1.85. The zero-order chi connectivity index (χ0) is 18.5. The number of nitrogens with zero attached hydrogens (tertiary/aromatic N) is 1. The summed E-state index contributed by atoms with van der Waals surface area (Å²) in [4.78, 5) is 25.0. The Morgan fingerprint density at radius 1 is 1.23 bits per heavy atom. The smallest absolute Gasteiger partial charge is 0.309 e. The van der Waals surface area contributed by atoms with Gasteiger partial charge in [0.05, 0.1) is 24.5 Å². The zero-order valence-electron chi connectivity index (χ0n) is 15.4. The SMILES string of the molecule is COC(=O)[C@@H]1C[C@@]2(C#N)[C@H](C(C)=O)CC[C@H]2[C@@H]2CCc3ccccc3[C@H]21. The van der Waals surface area contributed by atoms with Gasteiger partial charge in [0, 0.05) is 11.8 Å². The summed E-state index contributed by atoms with van der Waals surface area (Å²) in [6.07, 6.45) is 4.09. The molecule has 0 heterocycles. The lowest BCUT2D eigenvalue weighted by atomic mass is 9.50. The molecule has 0 radical (unpaired) electrons. The molecule has 3 aliphatic rings. The highest BCUT2D eigenvalue weighted by Gasteiger charge is 2.63. The second-order valence-corrected chi connectivity index (χ2v) is 8.26. The summed E-state index contributed by atoms with van der Waals surface area (Å²) in [6, 6.07) is 10.9. The summed E-state index contributed by atoms with van der Waals surface area (Å²) in [5.41, 5.74) is 1.85. The number of methoxy groups -OCH3 is 1. The minimum absolute atomic E-state index is 0.0901. The van der Waals surface area contributed by atoms with Crippen LogP contribution >= 0.6 is 0 Å². The van der Waals surface area contributed by atoms with Crippen molar-refractivity contribution in [3.05, 3.63) is 35.4 Å². The average molecular weight is 351 g/mol. The Bertz CT molecular complexity index is 795. The maximum Gasteiger partial charge on any atom is 0.309 e. The van der Waals surface area contributed by atoms with Crippen molar-refractivity contribution in [2.45, 2.75) is 44.9 Å². The molecule has 0 unspecified atom stereocenters. The molecule has 0 saturated heterocycles. The van der Waals surface area contributed by atoms with E-state index >= 15 is 0 Å². The van der Waals surface area contributed by atoms with Gasteiger partial charge in [-0.15, -0.1) is 0 Å². The number of ketones is 1. The van der Waals surface area contributed by atoms with Crippen molar-refractivity contribution in [1.82, 2.24) is 0 Å². The standard InChI is InChI=1S/C22H25NO3/c1-13(24)18-9-10-19-16-8-7-14-5-3-4-6-15(14)20(16)17(21(25)26-2)11-22(18,19)12-23/h3-6,16-20H,7-11H2,1-2H3/t16-,17+,18-,19-,20+,22+/m0/s1. The number of Topliss-reactive ketones (excluding diaryl/α,β-unsaturated/α-hetero) is 1. The van der Waals surface area contributed by atoms with E-state index in [1.165, 1.54) is 18.2 Å². The summed E-state index contributed by atoms with van der Waals surface area (Å²) in [5, 5.41) is 10.2. The van der Waals surface area contributed by atoms with Crippen molar-refractivity contribution >= 4 is 11.8 Å². The first-order valence-electron chi connectivity index (χ1n) is 9.61. The van der Waals surface area contributed by atoms with Gasteiger partial charge in [-0.3, -0.25) is 9.59 Å². The van der Waals surface area contributed by atoms with Crippen LogP contribution in [0.2, 0.25) is 0 Å². The highest BCUT2D eigenvalue weighted by atomic mass is 16.5. The normalized spacial score (nSPS) is 37.7. The van der Waals surface area contributed by atoms with Crippen molar-refractivity contribution in [2.24, 2.45) is 29.1 Å². The predicted molar refractivity (Wildman–Crippen MR) is 96.1 cm³/mol. The highest BCUT2D eigenvalue weighted by Crippen LogP contribution is 2.64. The third-order valence-corrected chi connectivity index (χ3v) is 7.38. The van der Waals surface area contributed by atoms with Gasteiger partial charge in [0.15, 0.2) is 0 Å². The van der Waals surface area contributed by atoms with E-state index in [0.29, 0.717) is 6.42 Å². The van der Waals surface area contributed by atoms with Gasteiger partial charge in [0.25, 0.3) is 0 Å². The Kier molecular flexibility index (Phi) is 4.14. The van der Waals surface area contributed by atoms with Crippen LogP contribution < -0.4 is 0 Å². The highest BCUT2D eigenvalue weighted by molar-refractivity contribution is 5.81. The molecule has 4 nitrogen and oxygen atoms in total. The fourth-order valence-electron chi connectivity index (χ4n) is 6.44. The Morgan fingerprint density at radius 2 is 2.00 bits per heavy atom. The summed E-state index contributed by atoms with van der Waals surface area (Å²) >= 11 is 0. The molecule has 3 aliphatic carbocycles. The van der Waals surface area contributed by atoms with Crippen LogP contribution in [0.25, 0.3) is 0 Å². The quantitative estimate of drug-likeness (QED) is 0.763. The predicted octanol–water partition coefficient (Wildman–Crippen LogP) is 3.65. The number of benzene rings is 1. The van der Waals surface area contributed by atoms with Crippen LogP contribution in [0.15, 0.2) is 24.3 Å². The number of fused-ring (bicyclic) bond motifs is 5. The van der Waals surface area contributed by atoms with Crippen LogP contribution in [0.5, 0.6) is 0 Å². The fraction of sp³-hybridized carbons (Fsp3) is 0.591. The minimum atomic E-state index is -0.710. The molecule has 1 aromatic carbocycles. The van der Waals surface area contributed by atoms with Gasteiger partial charge < -0.3 is 4.74 Å². The van der Waals surface area contributed by atoms with Crippen LogP contribution in [0.4, 0.5) is 0 Å². The molecule has 0 amide bonds. The van der Waals surface area contributed by atoms with E-state index in [2.05, 4.69) is 24.3 Å². The molecule has 4 heteroatoms. The van der Waals surface area contributed by atoms with E-state index in [-0.39, 0.29) is 41.3 Å². The molecular formula is C22H25NO3. The van der Waals surface area contributed by atoms with Crippen LogP contribution in [-0.2, 0) is 20.7 Å². The summed E-state index contributed by atoms with van der Waals surface area (Å²) < 4.78 is 5.15. The molecule has 4 rings (SSSR count). The van der Waals surface area contributed by atoms with Gasteiger partial charge in [-0.2, -0.15) is 5.26 Å². The zero-order valence-corrected chi connectivity index (χ0v) is 15.4. The number of aryl methyl sites for hydroxylation is 1. The maximum absolute atomic E-state index is 12.7. The van der Waals surface area contributed by atoms with E-state index in [1.807, 2.05) is 6.07 Å².